The lowest BCUT2D eigenvalue weighted by atomic mass is 9.82. The summed E-state index contributed by atoms with van der Waals surface area (Å²) in [5, 5.41) is 0.535. The van der Waals surface area contributed by atoms with Gasteiger partial charge < -0.3 is 9.57 Å². The van der Waals surface area contributed by atoms with Crippen LogP contribution in [0.4, 0.5) is 0 Å². The fourth-order valence-electron chi connectivity index (χ4n) is 3.36. The van der Waals surface area contributed by atoms with Crippen molar-refractivity contribution in [3.05, 3.63) is 35.4 Å². The van der Waals surface area contributed by atoms with Crippen molar-refractivity contribution in [2.24, 2.45) is 11.8 Å². The minimum atomic E-state index is -0.633. The largest absolute Gasteiger partial charge is 0.460 e. The van der Waals surface area contributed by atoms with Crippen LogP contribution in [0, 0.1) is 11.8 Å². The second kappa shape index (κ2) is 7.13. The van der Waals surface area contributed by atoms with Crippen LogP contribution in [0.2, 0.25) is 0 Å². The normalized spacial score (nSPS) is 22.4. The monoisotopic (exact) mass is 373 g/mol. The zero-order chi connectivity index (χ0) is 19.8. The highest BCUT2D eigenvalue weighted by molar-refractivity contribution is 6.20. The number of amides is 2. The second-order valence-corrected chi connectivity index (χ2v) is 7.94. The van der Waals surface area contributed by atoms with Gasteiger partial charge in [0.05, 0.1) is 23.0 Å². The highest BCUT2D eigenvalue weighted by atomic mass is 16.7. The van der Waals surface area contributed by atoms with E-state index in [2.05, 4.69) is 0 Å². The van der Waals surface area contributed by atoms with Crippen molar-refractivity contribution in [1.29, 1.82) is 0 Å². The lowest BCUT2D eigenvalue weighted by molar-refractivity contribution is -0.176. The van der Waals surface area contributed by atoms with Crippen molar-refractivity contribution in [3.8, 4) is 0 Å². The first kappa shape index (κ1) is 19.1. The fourth-order valence-corrected chi connectivity index (χ4v) is 3.36. The molecule has 0 radical (unpaired) electrons. The maximum atomic E-state index is 12.4. The Morgan fingerprint density at radius 2 is 1.33 bits per heavy atom. The third kappa shape index (κ3) is 4.02. The number of hydrogen-bond acceptors (Lipinski definition) is 6. The Balaban J connectivity index is 1.56. The second-order valence-electron chi connectivity index (χ2n) is 7.94. The smallest absolute Gasteiger partial charge is 0.336 e. The molecule has 1 aromatic rings. The number of benzene rings is 1. The minimum Gasteiger partial charge on any atom is -0.460 e. The lowest BCUT2D eigenvalue weighted by Crippen LogP contribution is -2.37. The van der Waals surface area contributed by atoms with Gasteiger partial charge in [-0.1, -0.05) is 17.2 Å². The molecular weight excluding hydrogens is 350 g/mol. The Labute approximate surface area is 157 Å². The van der Waals surface area contributed by atoms with Crippen LogP contribution in [0.5, 0.6) is 0 Å². The summed E-state index contributed by atoms with van der Waals surface area (Å²) in [6.07, 6.45) is 1.92. The number of fused-ring (bicyclic) bond motifs is 1. The number of carbonyl (C=O) groups is 4. The number of rotatable bonds is 3. The maximum absolute atomic E-state index is 12.4. The van der Waals surface area contributed by atoms with E-state index in [4.69, 9.17) is 9.57 Å². The molecule has 7 nitrogen and oxygen atoms in total. The number of ether oxygens (including phenoxy) is 1. The number of esters is 1. The zero-order valence-electron chi connectivity index (χ0n) is 15.7. The Kier molecular flexibility index (Phi) is 5.04. The van der Waals surface area contributed by atoms with E-state index in [1.54, 1.807) is 12.1 Å². The summed E-state index contributed by atoms with van der Waals surface area (Å²) < 4.78 is 5.39. The molecular formula is C20H23NO6. The molecule has 0 atom stereocenters. The molecule has 144 valence electrons. The SMILES string of the molecule is CC(C)(C)OC(=O)C1CCC(C(=O)ON2C(=O)c3ccccc3C2=O)CC1. The predicted octanol–water partition coefficient (Wildman–Crippen LogP) is 2.89. The van der Waals surface area contributed by atoms with Gasteiger partial charge in [-0.3, -0.25) is 14.4 Å². The first-order chi connectivity index (χ1) is 12.7. The van der Waals surface area contributed by atoms with E-state index in [0.717, 1.165) is 0 Å². The van der Waals surface area contributed by atoms with Crippen molar-refractivity contribution < 1.29 is 28.8 Å². The van der Waals surface area contributed by atoms with Crippen molar-refractivity contribution in [1.82, 2.24) is 5.06 Å². The molecule has 0 aromatic heterocycles. The summed E-state index contributed by atoms with van der Waals surface area (Å²) in [6.45, 7) is 5.45. The van der Waals surface area contributed by atoms with Crippen LogP contribution in [0.3, 0.4) is 0 Å². The molecule has 0 spiro atoms. The molecule has 0 N–H and O–H groups in total. The predicted molar refractivity (Wildman–Crippen MR) is 94.3 cm³/mol. The molecule has 7 heteroatoms. The van der Waals surface area contributed by atoms with E-state index >= 15 is 0 Å². The van der Waals surface area contributed by atoms with Gasteiger partial charge in [0.15, 0.2) is 0 Å². The summed E-state index contributed by atoms with van der Waals surface area (Å²) in [5.41, 5.74) is -0.0916. The Morgan fingerprint density at radius 3 is 1.78 bits per heavy atom. The van der Waals surface area contributed by atoms with Gasteiger partial charge in [-0.2, -0.15) is 0 Å². The third-order valence-electron chi connectivity index (χ3n) is 4.74. The van der Waals surface area contributed by atoms with E-state index in [1.807, 2.05) is 20.8 Å². The van der Waals surface area contributed by atoms with Gasteiger partial charge in [0.1, 0.15) is 5.60 Å². The average Bonchev–Trinajstić information content (AvgIpc) is 2.86. The Hall–Kier alpha value is -2.70. The van der Waals surface area contributed by atoms with Gasteiger partial charge >= 0.3 is 11.9 Å². The summed E-state index contributed by atoms with van der Waals surface area (Å²) in [5.74, 6) is -2.83. The summed E-state index contributed by atoms with van der Waals surface area (Å²) in [7, 11) is 0. The summed E-state index contributed by atoms with van der Waals surface area (Å²) in [6, 6.07) is 6.34. The van der Waals surface area contributed by atoms with Crippen LogP contribution in [0.25, 0.3) is 0 Å². The number of hydrogen-bond donors (Lipinski definition) is 0. The molecule has 1 aliphatic heterocycles. The highest BCUT2D eigenvalue weighted by Crippen LogP contribution is 2.32. The molecule has 0 bridgehead atoms. The van der Waals surface area contributed by atoms with E-state index in [9.17, 15) is 19.2 Å². The number of hydroxylamine groups is 2. The number of carbonyl (C=O) groups excluding carboxylic acids is 4. The fraction of sp³-hybridized carbons (Fsp3) is 0.500. The highest BCUT2D eigenvalue weighted by Gasteiger charge is 2.41. The van der Waals surface area contributed by atoms with Gasteiger partial charge in [0.2, 0.25) is 0 Å². The van der Waals surface area contributed by atoms with Crippen LogP contribution in [-0.2, 0) is 19.2 Å². The van der Waals surface area contributed by atoms with Crippen molar-refractivity contribution >= 4 is 23.8 Å². The first-order valence-electron chi connectivity index (χ1n) is 9.10. The zero-order valence-corrected chi connectivity index (χ0v) is 15.7. The first-order valence-corrected chi connectivity index (χ1v) is 9.10. The van der Waals surface area contributed by atoms with E-state index in [1.165, 1.54) is 12.1 Å². The van der Waals surface area contributed by atoms with Crippen molar-refractivity contribution in [2.75, 3.05) is 0 Å². The van der Waals surface area contributed by atoms with Crippen molar-refractivity contribution in [2.45, 2.75) is 52.1 Å². The Morgan fingerprint density at radius 1 is 0.889 bits per heavy atom. The standard InChI is InChI=1S/C20H23NO6/c1-20(2,3)26-18(24)12-8-10-13(11-9-12)19(25)27-21-16(22)14-6-4-5-7-15(14)17(21)23/h4-7,12-13H,8-11H2,1-3H3. The molecule has 1 aliphatic carbocycles. The van der Waals surface area contributed by atoms with E-state index < -0.39 is 29.3 Å². The molecule has 27 heavy (non-hydrogen) atoms. The molecule has 1 saturated carbocycles. The van der Waals surface area contributed by atoms with Gasteiger partial charge in [-0.15, -0.1) is 0 Å². The van der Waals surface area contributed by atoms with Crippen LogP contribution < -0.4 is 0 Å². The molecule has 0 saturated heterocycles. The Bertz CT molecular complexity index is 751. The van der Waals surface area contributed by atoms with Crippen molar-refractivity contribution in [3.63, 3.8) is 0 Å². The maximum Gasteiger partial charge on any atom is 0.336 e. The topological polar surface area (TPSA) is 90.0 Å². The molecule has 2 amide bonds. The van der Waals surface area contributed by atoms with Crippen LogP contribution in [-0.4, -0.2) is 34.4 Å². The van der Waals surface area contributed by atoms with Gasteiger partial charge in [0, 0.05) is 0 Å². The molecule has 0 unspecified atom stereocenters. The number of nitrogens with zero attached hydrogens (tertiary/aromatic N) is 1. The van der Waals surface area contributed by atoms with Gasteiger partial charge in [0.25, 0.3) is 11.8 Å². The molecule has 1 aromatic carbocycles. The lowest BCUT2D eigenvalue weighted by Gasteiger charge is -2.29. The van der Waals surface area contributed by atoms with E-state index in [-0.39, 0.29) is 23.0 Å². The quantitative estimate of drug-likeness (QED) is 0.598. The van der Waals surface area contributed by atoms with Gasteiger partial charge in [-0.05, 0) is 58.6 Å². The van der Waals surface area contributed by atoms with Crippen LogP contribution in [0.15, 0.2) is 24.3 Å². The average molecular weight is 373 g/mol. The molecule has 2 aliphatic rings. The summed E-state index contributed by atoms with van der Waals surface area (Å²) in [4.78, 5) is 54.2. The van der Waals surface area contributed by atoms with E-state index in [0.29, 0.717) is 30.7 Å². The molecule has 1 fully saturated rings. The molecule has 1 heterocycles. The minimum absolute atomic E-state index is 0.226. The van der Waals surface area contributed by atoms with Crippen LogP contribution in [0.1, 0.15) is 67.2 Å². The number of imide groups is 1. The summed E-state index contributed by atoms with van der Waals surface area (Å²) >= 11 is 0. The van der Waals surface area contributed by atoms with Crippen LogP contribution >= 0.6 is 0 Å². The van der Waals surface area contributed by atoms with Gasteiger partial charge in [-0.25, -0.2) is 4.79 Å². The molecule has 3 rings (SSSR count). The third-order valence-corrected chi connectivity index (χ3v) is 4.74.